The Morgan fingerprint density at radius 2 is 1.75 bits per heavy atom. The van der Waals surface area contributed by atoms with Gasteiger partial charge in [-0.2, -0.15) is 0 Å². The van der Waals surface area contributed by atoms with Crippen LogP contribution in [0.3, 0.4) is 0 Å². The minimum absolute atomic E-state index is 0.370. The maximum absolute atomic E-state index is 11.2. The number of ether oxygens (including phenoxy) is 3. The number of nitrogens with zero attached hydrogens (tertiary/aromatic N) is 2. The Hall–Kier alpha value is -4.44. The highest BCUT2D eigenvalue weighted by molar-refractivity contribution is 6.30. The summed E-state index contributed by atoms with van der Waals surface area (Å²) in [6, 6.07) is 12.5. The van der Waals surface area contributed by atoms with E-state index in [4.69, 9.17) is 36.0 Å². The molecule has 3 rings (SSSR count). The van der Waals surface area contributed by atoms with Crippen molar-refractivity contribution >= 4 is 29.5 Å². The number of carbonyl (C=O) groups is 3. The number of aromatic nitrogens is 2. The number of carboxylic acid groups (broad SMARTS) is 2. The van der Waals surface area contributed by atoms with Crippen LogP contribution in [0.1, 0.15) is 18.9 Å². The van der Waals surface area contributed by atoms with Gasteiger partial charge in [-0.25, -0.2) is 14.6 Å². The molecular formula is C25H23ClN2O8. The second kappa shape index (κ2) is 14.7. The van der Waals surface area contributed by atoms with Gasteiger partial charge in [0, 0.05) is 36.5 Å². The molecule has 0 saturated heterocycles. The number of benzene rings is 1. The van der Waals surface area contributed by atoms with E-state index in [0.29, 0.717) is 59.8 Å². The van der Waals surface area contributed by atoms with Crippen molar-refractivity contribution in [1.82, 2.24) is 9.97 Å². The molecule has 2 aromatic heterocycles. The second-order valence-electron chi connectivity index (χ2n) is 6.90. The van der Waals surface area contributed by atoms with E-state index in [9.17, 15) is 14.4 Å². The SMILES string of the molecule is CC(=O)Oc1cnccc1CCCOc1cccnc1Oc1cccc(Cl)c1.O=C(O)C=CC(=O)O. The van der Waals surface area contributed by atoms with Crippen molar-refractivity contribution in [3.63, 3.8) is 0 Å². The van der Waals surface area contributed by atoms with Crippen LogP contribution in [0, 0.1) is 0 Å². The van der Waals surface area contributed by atoms with Gasteiger partial charge >= 0.3 is 17.9 Å². The number of carboxylic acids is 2. The maximum Gasteiger partial charge on any atom is 0.328 e. The normalized spacial score (nSPS) is 10.2. The predicted molar refractivity (Wildman–Crippen MR) is 130 cm³/mol. The Balaban J connectivity index is 0.000000493. The summed E-state index contributed by atoms with van der Waals surface area (Å²) in [5.74, 6) is -0.921. The minimum Gasteiger partial charge on any atom is -0.488 e. The first-order chi connectivity index (χ1) is 17.2. The van der Waals surface area contributed by atoms with Crippen molar-refractivity contribution in [2.75, 3.05) is 6.61 Å². The van der Waals surface area contributed by atoms with Crippen LogP contribution in [0.25, 0.3) is 0 Å². The number of hydrogen-bond donors (Lipinski definition) is 2. The molecule has 0 aliphatic heterocycles. The number of aliphatic carboxylic acids is 2. The molecule has 1 aromatic carbocycles. The lowest BCUT2D eigenvalue weighted by atomic mass is 10.1. The summed E-state index contributed by atoms with van der Waals surface area (Å²) in [4.78, 5) is 38.5. The number of halogens is 1. The van der Waals surface area contributed by atoms with Gasteiger partial charge < -0.3 is 24.4 Å². The first kappa shape index (κ1) is 27.8. The van der Waals surface area contributed by atoms with Crippen molar-refractivity contribution in [3.05, 3.63) is 83.8 Å². The number of rotatable bonds is 10. The van der Waals surface area contributed by atoms with Crippen molar-refractivity contribution in [2.24, 2.45) is 0 Å². The average molecular weight is 515 g/mol. The second-order valence-corrected chi connectivity index (χ2v) is 7.34. The van der Waals surface area contributed by atoms with E-state index in [0.717, 1.165) is 5.56 Å². The van der Waals surface area contributed by atoms with Gasteiger partial charge in [0.15, 0.2) is 11.5 Å². The molecule has 0 fully saturated rings. The van der Waals surface area contributed by atoms with Gasteiger partial charge in [0.2, 0.25) is 0 Å². The van der Waals surface area contributed by atoms with Gasteiger partial charge in [-0.05, 0) is 54.8 Å². The molecule has 0 bridgehead atoms. The predicted octanol–water partition coefficient (Wildman–Crippen LogP) is 4.57. The highest BCUT2D eigenvalue weighted by Crippen LogP contribution is 2.30. The fraction of sp³-hybridized carbons (Fsp3) is 0.160. The standard InChI is InChI=1S/C21H19ClN2O4.C4H4O4/c1-15(25)27-20-14-23-11-9-16(20)5-4-12-26-19-8-3-10-24-21(19)28-18-7-2-6-17(22)13-18;5-3(6)1-2-4(7)8/h2-3,6-11,13-14H,4-5,12H2,1H3;1-2H,(H,5,6)(H,7,8). The van der Waals surface area contributed by atoms with Crippen LogP contribution in [0.5, 0.6) is 23.1 Å². The van der Waals surface area contributed by atoms with Crippen LogP contribution in [0.4, 0.5) is 0 Å². The summed E-state index contributed by atoms with van der Waals surface area (Å²) in [7, 11) is 0. The van der Waals surface area contributed by atoms with Crippen molar-refractivity contribution in [3.8, 4) is 23.1 Å². The first-order valence-corrected chi connectivity index (χ1v) is 10.9. The number of hydrogen-bond acceptors (Lipinski definition) is 8. The average Bonchev–Trinajstić information content (AvgIpc) is 2.82. The molecule has 0 radical (unpaired) electrons. The number of esters is 1. The van der Waals surface area contributed by atoms with Crippen molar-refractivity contribution in [1.29, 1.82) is 0 Å². The Bertz CT molecular complexity index is 1200. The molecule has 10 nitrogen and oxygen atoms in total. The van der Waals surface area contributed by atoms with Crippen molar-refractivity contribution < 1.29 is 38.8 Å². The highest BCUT2D eigenvalue weighted by atomic mass is 35.5. The molecule has 3 aromatic rings. The summed E-state index contributed by atoms with van der Waals surface area (Å²) >= 11 is 5.99. The third-order valence-electron chi connectivity index (χ3n) is 4.09. The zero-order valence-corrected chi connectivity index (χ0v) is 19.9. The number of pyridine rings is 2. The molecule has 36 heavy (non-hydrogen) atoms. The van der Waals surface area contributed by atoms with Crippen LogP contribution in [-0.4, -0.2) is 44.7 Å². The van der Waals surface area contributed by atoms with Crippen LogP contribution in [0.2, 0.25) is 5.02 Å². The minimum atomic E-state index is -1.26. The van der Waals surface area contributed by atoms with Crippen LogP contribution in [-0.2, 0) is 20.8 Å². The number of carbonyl (C=O) groups excluding carboxylic acids is 1. The van der Waals surface area contributed by atoms with Crippen molar-refractivity contribution in [2.45, 2.75) is 19.8 Å². The molecule has 0 aliphatic carbocycles. The number of aryl methyl sites for hydroxylation is 1. The summed E-state index contributed by atoms with van der Waals surface area (Å²) in [5, 5.41) is 16.2. The monoisotopic (exact) mass is 514 g/mol. The van der Waals surface area contributed by atoms with Gasteiger partial charge in [-0.3, -0.25) is 9.78 Å². The topological polar surface area (TPSA) is 145 Å². The van der Waals surface area contributed by atoms with Gasteiger partial charge in [0.25, 0.3) is 5.88 Å². The van der Waals surface area contributed by atoms with E-state index in [1.165, 1.54) is 13.1 Å². The summed E-state index contributed by atoms with van der Waals surface area (Å²) in [6.07, 6.45) is 7.34. The smallest absolute Gasteiger partial charge is 0.328 e. The van der Waals surface area contributed by atoms with E-state index < -0.39 is 11.9 Å². The molecule has 11 heteroatoms. The molecule has 0 aliphatic rings. The lowest BCUT2D eigenvalue weighted by molar-refractivity contribution is -0.134. The van der Waals surface area contributed by atoms with Crippen LogP contribution < -0.4 is 14.2 Å². The zero-order valence-electron chi connectivity index (χ0n) is 19.2. The third-order valence-corrected chi connectivity index (χ3v) is 4.32. The molecule has 188 valence electrons. The third kappa shape index (κ3) is 10.7. The fourth-order valence-corrected chi connectivity index (χ4v) is 2.83. The molecular weight excluding hydrogens is 492 g/mol. The Morgan fingerprint density at radius 1 is 1.00 bits per heavy atom. The first-order valence-electron chi connectivity index (χ1n) is 10.5. The van der Waals surface area contributed by atoms with Gasteiger partial charge in [-0.15, -0.1) is 0 Å². The van der Waals surface area contributed by atoms with Gasteiger partial charge in [0.1, 0.15) is 5.75 Å². The van der Waals surface area contributed by atoms with Crippen LogP contribution >= 0.6 is 11.6 Å². The molecule has 0 saturated carbocycles. The summed E-state index contributed by atoms with van der Waals surface area (Å²) < 4.78 is 16.8. The Morgan fingerprint density at radius 3 is 2.42 bits per heavy atom. The Labute approximate surface area is 211 Å². The molecule has 0 unspecified atom stereocenters. The van der Waals surface area contributed by atoms with Gasteiger partial charge in [0.05, 0.1) is 12.8 Å². The highest BCUT2D eigenvalue weighted by Gasteiger charge is 2.09. The molecule has 2 N–H and O–H groups in total. The Kier molecular flexibility index (Phi) is 11.4. The lowest BCUT2D eigenvalue weighted by Gasteiger charge is -2.12. The van der Waals surface area contributed by atoms with E-state index in [1.807, 2.05) is 6.07 Å². The lowest BCUT2D eigenvalue weighted by Crippen LogP contribution is -2.06. The largest absolute Gasteiger partial charge is 0.488 e. The van der Waals surface area contributed by atoms with Gasteiger partial charge in [-0.1, -0.05) is 17.7 Å². The van der Waals surface area contributed by atoms with E-state index >= 15 is 0 Å². The zero-order chi connectivity index (χ0) is 26.3. The van der Waals surface area contributed by atoms with E-state index in [-0.39, 0.29) is 5.97 Å². The fourth-order valence-electron chi connectivity index (χ4n) is 2.65. The maximum atomic E-state index is 11.2. The quantitative estimate of drug-likeness (QED) is 0.224. The molecule has 0 spiro atoms. The van der Waals surface area contributed by atoms with E-state index in [2.05, 4.69) is 9.97 Å². The van der Waals surface area contributed by atoms with E-state index in [1.54, 1.807) is 48.8 Å². The van der Waals surface area contributed by atoms with Crippen LogP contribution in [0.15, 0.2) is 73.2 Å². The molecule has 2 heterocycles. The summed E-state index contributed by atoms with van der Waals surface area (Å²) in [6.45, 7) is 1.81. The molecule has 0 atom stereocenters. The summed E-state index contributed by atoms with van der Waals surface area (Å²) in [5.41, 5.74) is 0.899. The molecule has 0 amide bonds.